The van der Waals surface area contributed by atoms with Crippen molar-refractivity contribution in [3.05, 3.63) is 29.3 Å². The SMILES string of the molecule is Cc1ccc2c(c1)OC(=O)[C@@]2(O)C(F)(F)F. The molecule has 0 aliphatic carbocycles. The maximum absolute atomic E-state index is 12.6. The largest absolute Gasteiger partial charge is 0.432 e. The summed E-state index contributed by atoms with van der Waals surface area (Å²) in [5, 5.41) is 9.44. The summed E-state index contributed by atoms with van der Waals surface area (Å²) in [7, 11) is 0. The first kappa shape index (κ1) is 10.9. The Hall–Kier alpha value is -1.56. The van der Waals surface area contributed by atoms with Gasteiger partial charge in [0, 0.05) is 5.56 Å². The number of esters is 1. The molecule has 1 aromatic rings. The van der Waals surface area contributed by atoms with Crippen molar-refractivity contribution < 1.29 is 27.8 Å². The molecule has 2 rings (SSSR count). The molecule has 0 spiro atoms. The van der Waals surface area contributed by atoms with Crippen LogP contribution in [0, 0.1) is 6.92 Å². The topological polar surface area (TPSA) is 46.5 Å². The number of aliphatic hydroxyl groups is 1. The molecule has 0 aromatic heterocycles. The summed E-state index contributed by atoms with van der Waals surface area (Å²) in [5.74, 6) is -1.95. The summed E-state index contributed by atoms with van der Waals surface area (Å²) in [6, 6.07) is 3.69. The van der Waals surface area contributed by atoms with Gasteiger partial charge in [0.05, 0.1) is 0 Å². The number of hydrogen-bond acceptors (Lipinski definition) is 3. The highest BCUT2D eigenvalue weighted by Crippen LogP contribution is 2.48. The molecular weight excluding hydrogens is 225 g/mol. The van der Waals surface area contributed by atoms with Crippen LogP contribution < -0.4 is 4.74 Å². The lowest BCUT2D eigenvalue weighted by molar-refractivity contribution is -0.258. The Morgan fingerprint density at radius 1 is 1.38 bits per heavy atom. The summed E-state index contributed by atoms with van der Waals surface area (Å²) in [6.07, 6.45) is -5.09. The molecule has 86 valence electrons. The third-order valence-corrected chi connectivity index (χ3v) is 2.44. The molecule has 0 radical (unpaired) electrons. The van der Waals surface area contributed by atoms with Gasteiger partial charge in [0.1, 0.15) is 5.75 Å². The van der Waals surface area contributed by atoms with Crippen LogP contribution >= 0.6 is 0 Å². The van der Waals surface area contributed by atoms with E-state index in [-0.39, 0.29) is 5.75 Å². The Balaban J connectivity index is 2.65. The maximum atomic E-state index is 12.6. The second kappa shape index (κ2) is 2.98. The number of carbonyl (C=O) groups is 1. The predicted molar refractivity (Wildman–Crippen MR) is 46.8 cm³/mol. The minimum atomic E-state index is -5.09. The molecule has 1 aliphatic heterocycles. The van der Waals surface area contributed by atoms with E-state index in [4.69, 9.17) is 0 Å². The zero-order valence-corrected chi connectivity index (χ0v) is 8.13. The molecule has 1 N–H and O–H groups in total. The molecule has 0 saturated heterocycles. The average molecular weight is 232 g/mol. The van der Waals surface area contributed by atoms with Crippen molar-refractivity contribution in [1.82, 2.24) is 0 Å². The number of hydrogen-bond donors (Lipinski definition) is 1. The van der Waals surface area contributed by atoms with Crippen LogP contribution in [0.5, 0.6) is 5.75 Å². The Morgan fingerprint density at radius 3 is 2.56 bits per heavy atom. The Morgan fingerprint density at radius 2 is 2.00 bits per heavy atom. The van der Waals surface area contributed by atoms with Gasteiger partial charge in [0.2, 0.25) is 0 Å². The predicted octanol–water partition coefficient (Wildman–Crippen LogP) is 1.66. The van der Waals surface area contributed by atoms with Crippen molar-refractivity contribution in [2.24, 2.45) is 0 Å². The second-order valence-corrected chi connectivity index (χ2v) is 3.60. The van der Waals surface area contributed by atoms with Crippen molar-refractivity contribution >= 4 is 5.97 Å². The first-order valence-corrected chi connectivity index (χ1v) is 4.39. The highest BCUT2D eigenvalue weighted by atomic mass is 19.4. The van der Waals surface area contributed by atoms with Gasteiger partial charge < -0.3 is 9.84 Å². The summed E-state index contributed by atoms with van der Waals surface area (Å²) >= 11 is 0. The van der Waals surface area contributed by atoms with Gasteiger partial charge in [-0.3, -0.25) is 0 Å². The molecule has 16 heavy (non-hydrogen) atoms. The van der Waals surface area contributed by atoms with E-state index in [0.29, 0.717) is 5.56 Å². The molecule has 6 heteroatoms. The summed E-state index contributed by atoms with van der Waals surface area (Å²) in [5.41, 5.74) is -3.47. The molecule has 0 fully saturated rings. The van der Waals surface area contributed by atoms with Crippen LogP contribution in [0.25, 0.3) is 0 Å². The molecule has 1 heterocycles. The monoisotopic (exact) mass is 232 g/mol. The normalized spacial score (nSPS) is 24.2. The maximum Gasteiger partial charge on any atom is 0.432 e. The first-order valence-electron chi connectivity index (χ1n) is 4.39. The van der Waals surface area contributed by atoms with Crippen LogP contribution in [0.3, 0.4) is 0 Å². The second-order valence-electron chi connectivity index (χ2n) is 3.60. The van der Waals surface area contributed by atoms with Crippen molar-refractivity contribution in [2.75, 3.05) is 0 Å². The van der Waals surface area contributed by atoms with Crippen LogP contribution in [-0.4, -0.2) is 17.3 Å². The lowest BCUT2D eigenvalue weighted by atomic mass is 9.94. The Bertz CT molecular complexity index is 467. The smallest absolute Gasteiger partial charge is 0.423 e. The summed E-state index contributed by atoms with van der Waals surface area (Å²) in [4.78, 5) is 11.1. The lowest BCUT2D eigenvalue weighted by Gasteiger charge is -2.22. The van der Waals surface area contributed by atoms with E-state index in [2.05, 4.69) is 4.74 Å². The van der Waals surface area contributed by atoms with Crippen LogP contribution in [0.2, 0.25) is 0 Å². The zero-order valence-electron chi connectivity index (χ0n) is 8.13. The molecule has 0 saturated carbocycles. The number of ether oxygens (including phenoxy) is 1. The number of fused-ring (bicyclic) bond motifs is 1. The minimum Gasteiger partial charge on any atom is -0.423 e. The van der Waals surface area contributed by atoms with Gasteiger partial charge in [0.25, 0.3) is 5.60 Å². The minimum absolute atomic E-state index is 0.246. The van der Waals surface area contributed by atoms with E-state index >= 15 is 0 Å². The van der Waals surface area contributed by atoms with Crippen LogP contribution in [0.15, 0.2) is 18.2 Å². The van der Waals surface area contributed by atoms with Crippen molar-refractivity contribution in [2.45, 2.75) is 18.7 Å². The van der Waals surface area contributed by atoms with Gasteiger partial charge in [-0.25, -0.2) is 4.79 Å². The number of aryl methyl sites for hydroxylation is 1. The molecule has 3 nitrogen and oxygen atoms in total. The molecule has 1 atom stereocenters. The van der Waals surface area contributed by atoms with Gasteiger partial charge in [-0.05, 0) is 18.6 Å². The molecule has 1 aromatic carbocycles. The fraction of sp³-hybridized carbons (Fsp3) is 0.300. The first-order chi connectivity index (χ1) is 7.26. The summed E-state index contributed by atoms with van der Waals surface area (Å²) in [6.45, 7) is 1.64. The molecule has 0 amide bonds. The fourth-order valence-electron chi connectivity index (χ4n) is 1.57. The Kier molecular flexibility index (Phi) is 2.03. The third-order valence-electron chi connectivity index (χ3n) is 2.44. The average Bonchev–Trinajstić information content (AvgIpc) is 2.38. The third kappa shape index (κ3) is 1.23. The fourth-order valence-corrected chi connectivity index (χ4v) is 1.57. The molecule has 0 bridgehead atoms. The number of rotatable bonds is 0. The van der Waals surface area contributed by atoms with E-state index in [1.807, 2.05) is 0 Å². The van der Waals surface area contributed by atoms with Crippen LogP contribution in [-0.2, 0) is 10.4 Å². The van der Waals surface area contributed by atoms with E-state index in [1.54, 1.807) is 6.92 Å². The molecule has 1 aliphatic rings. The van der Waals surface area contributed by atoms with Crippen molar-refractivity contribution in [3.8, 4) is 5.75 Å². The van der Waals surface area contributed by atoms with Crippen LogP contribution in [0.1, 0.15) is 11.1 Å². The van der Waals surface area contributed by atoms with E-state index < -0.39 is 23.3 Å². The lowest BCUT2D eigenvalue weighted by Crippen LogP contribution is -2.47. The van der Waals surface area contributed by atoms with Crippen molar-refractivity contribution in [1.29, 1.82) is 0 Å². The van der Waals surface area contributed by atoms with Gasteiger partial charge >= 0.3 is 12.1 Å². The quantitative estimate of drug-likeness (QED) is 0.546. The van der Waals surface area contributed by atoms with E-state index in [0.717, 1.165) is 6.07 Å². The van der Waals surface area contributed by atoms with Gasteiger partial charge in [-0.15, -0.1) is 0 Å². The van der Waals surface area contributed by atoms with Crippen molar-refractivity contribution in [3.63, 3.8) is 0 Å². The molecule has 0 unspecified atom stereocenters. The van der Waals surface area contributed by atoms with E-state index in [9.17, 15) is 23.1 Å². The van der Waals surface area contributed by atoms with E-state index in [1.165, 1.54) is 12.1 Å². The summed E-state index contributed by atoms with van der Waals surface area (Å²) < 4.78 is 42.3. The number of benzene rings is 1. The highest BCUT2D eigenvalue weighted by Gasteiger charge is 2.66. The molecular formula is C10H7F3O3. The standard InChI is InChI=1S/C10H7F3O3/c1-5-2-3-6-7(4-5)16-8(14)9(6,15)10(11,12)13/h2-4,15H,1H3/t9-/m1/s1. The number of alkyl halides is 3. The highest BCUT2D eigenvalue weighted by molar-refractivity contribution is 5.89. The van der Waals surface area contributed by atoms with Crippen LogP contribution in [0.4, 0.5) is 13.2 Å². The number of halogens is 3. The number of carbonyl (C=O) groups excluding carboxylic acids is 1. The van der Waals surface area contributed by atoms with Gasteiger partial charge in [-0.2, -0.15) is 13.2 Å². The zero-order chi connectivity index (χ0) is 12.1. The van der Waals surface area contributed by atoms with Gasteiger partial charge in [-0.1, -0.05) is 12.1 Å². The van der Waals surface area contributed by atoms with Gasteiger partial charge in [0.15, 0.2) is 0 Å². The Labute approximate surface area is 88.5 Å².